The summed E-state index contributed by atoms with van der Waals surface area (Å²) in [5, 5.41) is 0. The van der Waals surface area contributed by atoms with Gasteiger partial charge in [-0.15, -0.1) is 0 Å². The molecule has 0 spiro atoms. The molecule has 8 rings (SSSR count). The molecule has 0 saturated carbocycles. The van der Waals surface area contributed by atoms with Crippen molar-refractivity contribution in [3.8, 4) is 33.5 Å². The number of nitrogens with zero attached hydrogens (tertiary/aromatic N) is 1. The smallest absolute Gasteiger partial charge is 0.201 e. The van der Waals surface area contributed by atoms with E-state index in [2.05, 4.69) is 193 Å². The lowest BCUT2D eigenvalue weighted by molar-refractivity contribution is -0.660. The first-order valence-corrected chi connectivity index (χ1v) is 18.2. The topological polar surface area (TPSA) is 3.88 Å². The zero-order valence-electron chi connectivity index (χ0n) is 30.9. The third-order valence-corrected chi connectivity index (χ3v) is 11.4. The van der Waals surface area contributed by atoms with E-state index in [0.29, 0.717) is 0 Å². The Hall–Kier alpha value is -5.40. The number of rotatable bonds is 5. The van der Waals surface area contributed by atoms with Gasteiger partial charge in [0.25, 0.3) is 0 Å². The van der Waals surface area contributed by atoms with E-state index < -0.39 is 0 Å². The van der Waals surface area contributed by atoms with E-state index in [9.17, 15) is 0 Å². The molecule has 0 saturated heterocycles. The van der Waals surface area contributed by atoms with Crippen LogP contribution in [0.5, 0.6) is 0 Å². The van der Waals surface area contributed by atoms with E-state index in [0.717, 1.165) is 0 Å². The zero-order chi connectivity index (χ0) is 35.4. The van der Waals surface area contributed by atoms with Crippen molar-refractivity contribution in [1.82, 2.24) is 0 Å². The van der Waals surface area contributed by atoms with Gasteiger partial charge in [0, 0.05) is 17.2 Å². The molecular formula is C48H44B2N+. The van der Waals surface area contributed by atoms with Gasteiger partial charge >= 0.3 is 0 Å². The quantitative estimate of drug-likeness (QED) is 0.143. The molecule has 1 aromatic heterocycles. The van der Waals surface area contributed by atoms with Gasteiger partial charge in [-0.3, -0.25) is 0 Å². The summed E-state index contributed by atoms with van der Waals surface area (Å²) in [6.45, 7) is 13.8. The van der Waals surface area contributed by atoms with Crippen LogP contribution in [0.15, 0.2) is 140 Å². The van der Waals surface area contributed by atoms with Crippen LogP contribution in [-0.2, 0) is 7.05 Å². The van der Waals surface area contributed by atoms with E-state index in [-0.39, 0.29) is 13.4 Å². The van der Waals surface area contributed by atoms with Crippen LogP contribution >= 0.6 is 0 Å². The number of aryl methyl sites for hydroxylation is 7. The van der Waals surface area contributed by atoms with Crippen LogP contribution in [0.1, 0.15) is 33.4 Å². The number of pyridine rings is 1. The molecule has 0 aliphatic carbocycles. The molecule has 2 heterocycles. The first-order valence-electron chi connectivity index (χ1n) is 18.2. The molecule has 7 aromatic rings. The number of fused-ring (bicyclic) bond motifs is 2. The SMILES string of the molecule is Cc1c[n+](C)c(-c2ccccc2C)cc1-c1ccc(-c2ccc3c(c2)B(c2c(C)cccc2C)c2ccccc2B3c2c(C)cccc2C)cc1. The Bertz CT molecular complexity index is 2420. The molecule has 1 aliphatic heterocycles. The Labute approximate surface area is 304 Å². The van der Waals surface area contributed by atoms with Gasteiger partial charge in [0.2, 0.25) is 19.1 Å². The van der Waals surface area contributed by atoms with Crippen LogP contribution in [0, 0.1) is 41.5 Å². The summed E-state index contributed by atoms with van der Waals surface area (Å²) < 4.78 is 2.25. The second kappa shape index (κ2) is 13.1. The van der Waals surface area contributed by atoms with E-state index in [1.807, 2.05) is 0 Å². The van der Waals surface area contributed by atoms with E-state index in [1.54, 1.807) is 0 Å². The zero-order valence-corrected chi connectivity index (χ0v) is 30.9. The van der Waals surface area contributed by atoms with Gasteiger partial charge in [-0.25, -0.2) is 4.57 Å². The van der Waals surface area contributed by atoms with Crippen molar-refractivity contribution in [3.63, 3.8) is 0 Å². The third kappa shape index (κ3) is 5.66. The lowest BCUT2D eigenvalue weighted by atomic mass is 9.20. The Morgan fingerprint density at radius 1 is 0.373 bits per heavy atom. The second-order valence-corrected chi connectivity index (χ2v) is 14.7. The summed E-state index contributed by atoms with van der Waals surface area (Å²) in [6.07, 6.45) is 2.26. The lowest BCUT2D eigenvalue weighted by Crippen LogP contribution is -2.75. The molecule has 3 heteroatoms. The molecule has 51 heavy (non-hydrogen) atoms. The summed E-state index contributed by atoms with van der Waals surface area (Å²) >= 11 is 0. The van der Waals surface area contributed by atoms with Gasteiger partial charge < -0.3 is 0 Å². The van der Waals surface area contributed by atoms with Crippen molar-refractivity contribution in [3.05, 3.63) is 173 Å². The highest BCUT2D eigenvalue weighted by Gasteiger charge is 2.40. The summed E-state index contributed by atoms with van der Waals surface area (Å²) in [5.41, 5.74) is 24.0. The van der Waals surface area contributed by atoms with Crippen molar-refractivity contribution in [1.29, 1.82) is 0 Å². The van der Waals surface area contributed by atoms with Crippen LogP contribution in [0.3, 0.4) is 0 Å². The summed E-state index contributed by atoms with van der Waals surface area (Å²) in [5.74, 6) is 0. The molecule has 246 valence electrons. The molecule has 1 nitrogen and oxygen atoms in total. The first-order chi connectivity index (χ1) is 24.7. The number of aromatic nitrogens is 1. The Balaban J connectivity index is 1.28. The number of benzene rings is 6. The van der Waals surface area contributed by atoms with Gasteiger partial charge in [0.05, 0.1) is 0 Å². The minimum atomic E-state index is 0.157. The lowest BCUT2D eigenvalue weighted by Gasteiger charge is -2.34. The predicted molar refractivity (Wildman–Crippen MR) is 221 cm³/mol. The van der Waals surface area contributed by atoms with Crippen molar-refractivity contribution < 1.29 is 4.57 Å². The van der Waals surface area contributed by atoms with E-state index in [4.69, 9.17) is 0 Å². The minimum Gasteiger partial charge on any atom is -0.201 e. The Morgan fingerprint density at radius 2 is 0.843 bits per heavy atom. The van der Waals surface area contributed by atoms with Crippen molar-refractivity contribution in [2.45, 2.75) is 41.5 Å². The Kier molecular flexibility index (Phi) is 8.39. The van der Waals surface area contributed by atoms with Crippen LogP contribution in [0.4, 0.5) is 0 Å². The fourth-order valence-corrected chi connectivity index (χ4v) is 8.89. The highest BCUT2D eigenvalue weighted by atomic mass is 14.9. The maximum absolute atomic E-state index is 2.50. The fraction of sp³-hybridized carbons (Fsp3) is 0.146. The fourth-order valence-electron chi connectivity index (χ4n) is 8.89. The van der Waals surface area contributed by atoms with Gasteiger partial charge in [0.15, 0.2) is 6.20 Å². The highest BCUT2D eigenvalue weighted by Crippen LogP contribution is 2.30. The third-order valence-electron chi connectivity index (χ3n) is 11.4. The highest BCUT2D eigenvalue weighted by molar-refractivity contribution is 7.11. The molecule has 1 aliphatic rings. The molecule has 6 aromatic carbocycles. The monoisotopic (exact) mass is 656 g/mol. The largest absolute Gasteiger partial charge is 0.240 e. The average Bonchev–Trinajstić information content (AvgIpc) is 3.12. The van der Waals surface area contributed by atoms with Crippen molar-refractivity contribution in [2.75, 3.05) is 0 Å². The van der Waals surface area contributed by atoms with Gasteiger partial charge in [-0.05, 0) is 75.4 Å². The van der Waals surface area contributed by atoms with Crippen molar-refractivity contribution >= 4 is 46.2 Å². The second-order valence-electron chi connectivity index (χ2n) is 14.7. The molecular weight excluding hydrogens is 612 g/mol. The number of hydrogen-bond donors (Lipinski definition) is 0. The Morgan fingerprint density at radius 3 is 1.43 bits per heavy atom. The summed E-state index contributed by atoms with van der Waals surface area (Å²) in [4.78, 5) is 0. The van der Waals surface area contributed by atoms with Crippen molar-refractivity contribution in [2.24, 2.45) is 7.05 Å². The van der Waals surface area contributed by atoms with Crippen LogP contribution in [0.2, 0.25) is 0 Å². The summed E-state index contributed by atoms with van der Waals surface area (Å²) in [7, 11) is 2.15. The van der Waals surface area contributed by atoms with Crippen LogP contribution in [0.25, 0.3) is 33.5 Å². The van der Waals surface area contributed by atoms with E-state index >= 15 is 0 Å². The maximum Gasteiger partial charge on any atom is 0.240 e. The minimum absolute atomic E-state index is 0.157. The molecule has 0 radical (unpaired) electrons. The molecule has 0 N–H and O–H groups in total. The van der Waals surface area contributed by atoms with Gasteiger partial charge in [-0.2, -0.15) is 0 Å². The molecule has 0 unspecified atom stereocenters. The van der Waals surface area contributed by atoms with E-state index in [1.165, 1.54) is 99.7 Å². The summed E-state index contributed by atoms with van der Waals surface area (Å²) in [6, 6.07) is 50.2. The molecule has 0 amide bonds. The normalized spacial score (nSPS) is 12.1. The standard InChI is InChI=1S/C48H44B2N/c1-31-14-8-9-19-40(31)46-29-41(36(6)30-51(46)7)38-24-22-37(23-25-38)39-26-27-44-45(28-39)50(48-34(4)17-13-18-35(48)5)43-21-11-10-20-42(43)49(44)47-32(2)15-12-16-33(47)3/h8-30H,1-7H3/q+1. The predicted octanol–water partition coefficient (Wildman–Crippen LogP) is 6.71. The molecule has 0 atom stereocenters. The molecule has 0 fully saturated rings. The first kappa shape index (κ1) is 32.8. The van der Waals surface area contributed by atoms with Gasteiger partial charge in [0.1, 0.15) is 7.05 Å². The number of hydrogen-bond acceptors (Lipinski definition) is 0. The maximum atomic E-state index is 2.50. The molecule has 0 bridgehead atoms. The van der Waals surface area contributed by atoms with Crippen LogP contribution < -0.4 is 37.3 Å². The van der Waals surface area contributed by atoms with Gasteiger partial charge in [-0.1, -0.05) is 176 Å². The van der Waals surface area contributed by atoms with Crippen LogP contribution in [-0.4, -0.2) is 13.4 Å². The average molecular weight is 657 g/mol.